The molecule has 0 aromatic carbocycles. The highest BCUT2D eigenvalue weighted by molar-refractivity contribution is 5.85. The van der Waals surface area contributed by atoms with Gasteiger partial charge in [0.05, 0.1) is 31.6 Å². The van der Waals surface area contributed by atoms with Crippen LogP contribution in [0.15, 0.2) is 43.0 Å². The van der Waals surface area contributed by atoms with Gasteiger partial charge >= 0.3 is 0 Å². The fraction of sp³-hybridized carbons (Fsp3) is 0.364. The molecule has 9 nitrogen and oxygen atoms in total. The van der Waals surface area contributed by atoms with Crippen LogP contribution in [0.5, 0.6) is 0 Å². The molecular weight excluding hydrogens is 394 g/mol. The first-order chi connectivity index (χ1) is 15.0. The van der Waals surface area contributed by atoms with Gasteiger partial charge in [0.1, 0.15) is 11.3 Å². The highest BCUT2D eigenvalue weighted by Crippen LogP contribution is 2.34. The molecule has 5 heterocycles. The minimum atomic E-state index is -0.491. The minimum Gasteiger partial charge on any atom is -0.392 e. The van der Waals surface area contributed by atoms with Crippen molar-refractivity contribution in [2.75, 3.05) is 25.1 Å². The van der Waals surface area contributed by atoms with Crippen molar-refractivity contribution in [2.24, 2.45) is 5.41 Å². The fourth-order valence-electron chi connectivity index (χ4n) is 3.74. The zero-order valence-electron chi connectivity index (χ0n) is 17.5. The van der Waals surface area contributed by atoms with Crippen molar-refractivity contribution in [2.45, 2.75) is 26.5 Å². The molecule has 1 atom stereocenters. The SMILES string of the molecule is C[C@H](O)CNc1nccc(-c2cn(CC3(C)COC3)nc2-c2cnc3[nH]ccc3c2)n1. The van der Waals surface area contributed by atoms with Crippen LogP contribution in [0, 0.1) is 5.41 Å². The molecule has 0 bridgehead atoms. The van der Waals surface area contributed by atoms with Crippen molar-refractivity contribution in [1.29, 1.82) is 0 Å². The van der Waals surface area contributed by atoms with Gasteiger partial charge in [-0.25, -0.2) is 15.0 Å². The molecule has 9 heteroatoms. The van der Waals surface area contributed by atoms with E-state index in [9.17, 15) is 5.11 Å². The third-order valence-electron chi connectivity index (χ3n) is 5.37. The van der Waals surface area contributed by atoms with Gasteiger partial charge < -0.3 is 20.1 Å². The predicted molar refractivity (Wildman–Crippen MR) is 117 cm³/mol. The number of fused-ring (bicyclic) bond motifs is 1. The normalized spacial score (nSPS) is 16.2. The van der Waals surface area contributed by atoms with Crippen LogP contribution < -0.4 is 5.32 Å². The molecule has 1 saturated heterocycles. The number of hydrogen-bond donors (Lipinski definition) is 3. The molecular formula is C22H25N7O2. The molecule has 31 heavy (non-hydrogen) atoms. The molecule has 0 radical (unpaired) electrons. The van der Waals surface area contributed by atoms with E-state index in [0.29, 0.717) is 12.5 Å². The van der Waals surface area contributed by atoms with Gasteiger partial charge in [-0.05, 0) is 25.1 Å². The van der Waals surface area contributed by atoms with Crippen molar-refractivity contribution in [3.05, 3.63) is 43.0 Å². The van der Waals surface area contributed by atoms with Crippen LogP contribution in [0.3, 0.4) is 0 Å². The molecule has 3 N–H and O–H groups in total. The summed E-state index contributed by atoms with van der Waals surface area (Å²) in [6.45, 7) is 6.52. The van der Waals surface area contributed by atoms with E-state index >= 15 is 0 Å². The quantitative estimate of drug-likeness (QED) is 0.422. The fourth-order valence-corrected chi connectivity index (χ4v) is 3.74. The summed E-state index contributed by atoms with van der Waals surface area (Å²) in [6, 6.07) is 5.95. The van der Waals surface area contributed by atoms with Crippen LogP contribution in [-0.4, -0.2) is 60.7 Å². The van der Waals surface area contributed by atoms with E-state index in [2.05, 4.69) is 38.2 Å². The van der Waals surface area contributed by atoms with Crippen LogP contribution in [-0.2, 0) is 11.3 Å². The summed E-state index contributed by atoms with van der Waals surface area (Å²) in [5.74, 6) is 0.468. The van der Waals surface area contributed by atoms with Crippen molar-refractivity contribution >= 4 is 17.0 Å². The Morgan fingerprint density at radius 3 is 2.97 bits per heavy atom. The average molecular weight is 419 g/mol. The predicted octanol–water partition coefficient (Wildman–Crippen LogP) is 2.71. The number of aromatic nitrogens is 6. The molecule has 0 aliphatic carbocycles. The molecule has 160 valence electrons. The highest BCUT2D eigenvalue weighted by atomic mass is 16.5. The highest BCUT2D eigenvalue weighted by Gasteiger charge is 2.34. The van der Waals surface area contributed by atoms with E-state index in [4.69, 9.17) is 9.84 Å². The third kappa shape index (κ3) is 4.01. The number of H-pyrrole nitrogens is 1. The van der Waals surface area contributed by atoms with Crippen LogP contribution in [0.25, 0.3) is 33.5 Å². The van der Waals surface area contributed by atoms with Gasteiger partial charge in [-0.1, -0.05) is 6.92 Å². The second-order valence-corrected chi connectivity index (χ2v) is 8.53. The maximum Gasteiger partial charge on any atom is 0.223 e. The first-order valence-electron chi connectivity index (χ1n) is 10.3. The van der Waals surface area contributed by atoms with E-state index in [1.807, 2.05) is 35.4 Å². The Labute approximate surface area is 179 Å². The second kappa shape index (κ2) is 7.75. The van der Waals surface area contributed by atoms with Gasteiger partial charge in [0.2, 0.25) is 5.95 Å². The molecule has 1 aliphatic heterocycles. The molecule has 4 aromatic rings. The number of aromatic amines is 1. The Morgan fingerprint density at radius 2 is 2.19 bits per heavy atom. The Bertz CT molecular complexity index is 1210. The van der Waals surface area contributed by atoms with Crippen molar-refractivity contribution in [3.8, 4) is 22.5 Å². The summed E-state index contributed by atoms with van der Waals surface area (Å²) in [5, 5.41) is 18.6. The number of nitrogens with zero attached hydrogens (tertiary/aromatic N) is 5. The maximum absolute atomic E-state index is 9.55. The smallest absolute Gasteiger partial charge is 0.223 e. The monoisotopic (exact) mass is 419 g/mol. The first-order valence-corrected chi connectivity index (χ1v) is 10.3. The Morgan fingerprint density at radius 1 is 1.32 bits per heavy atom. The molecule has 0 spiro atoms. The lowest BCUT2D eigenvalue weighted by molar-refractivity contribution is -0.111. The van der Waals surface area contributed by atoms with Crippen molar-refractivity contribution in [3.63, 3.8) is 0 Å². The zero-order chi connectivity index (χ0) is 21.4. The summed E-state index contributed by atoms with van der Waals surface area (Å²) in [6.07, 6.45) is 6.96. The first kappa shape index (κ1) is 19.7. The second-order valence-electron chi connectivity index (χ2n) is 8.53. The summed E-state index contributed by atoms with van der Waals surface area (Å²) >= 11 is 0. The van der Waals surface area contributed by atoms with Gasteiger partial charge in [0, 0.05) is 53.3 Å². The molecule has 0 saturated carbocycles. The van der Waals surface area contributed by atoms with Crippen molar-refractivity contribution in [1.82, 2.24) is 29.7 Å². The Balaban J connectivity index is 1.56. The number of anilines is 1. The maximum atomic E-state index is 9.55. The van der Waals surface area contributed by atoms with Crippen LogP contribution >= 0.6 is 0 Å². The summed E-state index contributed by atoms with van der Waals surface area (Å²) in [4.78, 5) is 16.6. The Kier molecular flexibility index (Phi) is 4.91. The van der Waals surface area contributed by atoms with Gasteiger partial charge in [0.15, 0.2) is 0 Å². The van der Waals surface area contributed by atoms with Crippen LogP contribution in [0.2, 0.25) is 0 Å². The van der Waals surface area contributed by atoms with Crippen molar-refractivity contribution < 1.29 is 9.84 Å². The number of ether oxygens (including phenoxy) is 1. The summed E-state index contributed by atoms with van der Waals surface area (Å²) < 4.78 is 7.39. The average Bonchev–Trinajstić information content (AvgIpc) is 3.37. The topological polar surface area (TPSA) is 114 Å². The molecule has 1 fully saturated rings. The number of rotatable bonds is 7. The molecule has 0 amide bonds. The molecule has 0 unspecified atom stereocenters. The number of aliphatic hydroxyl groups excluding tert-OH is 1. The molecule has 4 aromatic heterocycles. The summed E-state index contributed by atoms with van der Waals surface area (Å²) in [5.41, 5.74) is 4.33. The van der Waals surface area contributed by atoms with Gasteiger partial charge in [-0.2, -0.15) is 5.10 Å². The zero-order valence-corrected chi connectivity index (χ0v) is 17.5. The standard InChI is InChI=1S/C22H25N7O2/c1-14(30)8-26-21-24-6-4-18(27-21)17-10-29(11-22(2)12-31-13-22)28-19(17)16-7-15-3-5-23-20(15)25-9-16/h3-7,9-10,14,30H,8,11-13H2,1-2H3,(H,23,25)(H,24,26,27)/t14-/m0/s1. The molecule has 5 rings (SSSR count). The lowest BCUT2D eigenvalue weighted by Crippen LogP contribution is -2.43. The van der Waals surface area contributed by atoms with Gasteiger partial charge in [-0.3, -0.25) is 4.68 Å². The van der Waals surface area contributed by atoms with E-state index in [1.54, 1.807) is 13.1 Å². The van der Waals surface area contributed by atoms with Crippen LogP contribution in [0.4, 0.5) is 5.95 Å². The van der Waals surface area contributed by atoms with E-state index in [-0.39, 0.29) is 5.41 Å². The largest absolute Gasteiger partial charge is 0.392 e. The number of hydrogen-bond acceptors (Lipinski definition) is 7. The lowest BCUT2D eigenvalue weighted by atomic mass is 9.89. The number of aliphatic hydroxyl groups is 1. The Hall–Kier alpha value is -3.30. The van der Waals surface area contributed by atoms with E-state index < -0.39 is 6.10 Å². The minimum absolute atomic E-state index is 0.0824. The van der Waals surface area contributed by atoms with Crippen LogP contribution in [0.1, 0.15) is 13.8 Å². The van der Waals surface area contributed by atoms with E-state index in [1.165, 1.54) is 0 Å². The summed E-state index contributed by atoms with van der Waals surface area (Å²) in [7, 11) is 0. The van der Waals surface area contributed by atoms with Gasteiger partial charge in [-0.15, -0.1) is 0 Å². The number of nitrogens with one attached hydrogen (secondary N) is 2. The van der Waals surface area contributed by atoms with E-state index in [0.717, 1.165) is 53.3 Å². The lowest BCUT2D eigenvalue weighted by Gasteiger charge is -2.37. The third-order valence-corrected chi connectivity index (χ3v) is 5.37. The number of pyridine rings is 1. The van der Waals surface area contributed by atoms with Gasteiger partial charge in [0.25, 0.3) is 0 Å². The molecule has 1 aliphatic rings.